The summed E-state index contributed by atoms with van der Waals surface area (Å²) < 4.78 is 17.7. The van der Waals surface area contributed by atoms with E-state index in [1.54, 1.807) is 0 Å². The lowest BCUT2D eigenvalue weighted by atomic mass is 10.1. The Morgan fingerprint density at radius 1 is 1.50 bits per heavy atom. The van der Waals surface area contributed by atoms with Crippen molar-refractivity contribution in [1.82, 2.24) is 0 Å². The molecule has 3 nitrogen and oxygen atoms in total. The van der Waals surface area contributed by atoms with Crippen molar-refractivity contribution in [3.8, 4) is 0 Å². The zero-order valence-corrected chi connectivity index (χ0v) is 11.7. The molecule has 18 heavy (non-hydrogen) atoms. The summed E-state index contributed by atoms with van der Waals surface area (Å²) in [6, 6.07) is 5.63. The Morgan fingerprint density at radius 3 is 3.00 bits per heavy atom. The number of anilines is 1. The molecule has 1 saturated heterocycles. The standard InChI is InChI=1S/C14H21NO2S/c1-11-10-13(6-7-14(11)15)18(16)9-3-5-12-4-2-8-17-12/h6-7,10,12H,2-5,8-9,15H2,1H3. The highest BCUT2D eigenvalue weighted by molar-refractivity contribution is 7.85. The van der Waals surface area contributed by atoms with Gasteiger partial charge in [-0.3, -0.25) is 4.21 Å². The quantitative estimate of drug-likeness (QED) is 0.834. The van der Waals surface area contributed by atoms with Crippen LogP contribution in [0.2, 0.25) is 0 Å². The molecule has 0 radical (unpaired) electrons. The van der Waals surface area contributed by atoms with Crippen molar-refractivity contribution in [1.29, 1.82) is 0 Å². The molecule has 2 rings (SSSR count). The number of aryl methyl sites for hydroxylation is 1. The highest BCUT2D eigenvalue weighted by Gasteiger charge is 2.15. The number of hydrogen-bond acceptors (Lipinski definition) is 3. The van der Waals surface area contributed by atoms with E-state index >= 15 is 0 Å². The summed E-state index contributed by atoms with van der Waals surface area (Å²) >= 11 is 0. The summed E-state index contributed by atoms with van der Waals surface area (Å²) in [5, 5.41) is 0. The number of nitrogens with two attached hydrogens (primary N) is 1. The zero-order valence-electron chi connectivity index (χ0n) is 10.9. The first-order chi connectivity index (χ1) is 8.66. The molecule has 2 unspecified atom stereocenters. The molecule has 1 aliphatic heterocycles. The molecular weight excluding hydrogens is 246 g/mol. The SMILES string of the molecule is Cc1cc(S(=O)CCCC2CCCO2)ccc1N. The minimum atomic E-state index is -0.913. The van der Waals surface area contributed by atoms with Gasteiger partial charge >= 0.3 is 0 Å². The number of nitrogen functional groups attached to an aromatic ring is 1. The minimum Gasteiger partial charge on any atom is -0.399 e. The predicted octanol–water partition coefficient (Wildman–Crippen LogP) is 2.64. The van der Waals surface area contributed by atoms with E-state index in [2.05, 4.69) is 0 Å². The van der Waals surface area contributed by atoms with Gasteiger partial charge in [0.05, 0.1) is 16.9 Å². The maximum atomic E-state index is 12.1. The first-order valence-corrected chi connectivity index (χ1v) is 7.85. The molecule has 0 amide bonds. The van der Waals surface area contributed by atoms with Crippen LogP contribution in [-0.4, -0.2) is 22.7 Å². The van der Waals surface area contributed by atoms with Crippen molar-refractivity contribution in [2.24, 2.45) is 0 Å². The van der Waals surface area contributed by atoms with Gasteiger partial charge in [-0.15, -0.1) is 0 Å². The molecule has 0 aromatic heterocycles. The van der Waals surface area contributed by atoms with Gasteiger partial charge in [-0.05, 0) is 56.4 Å². The van der Waals surface area contributed by atoms with Crippen molar-refractivity contribution < 1.29 is 8.95 Å². The summed E-state index contributed by atoms with van der Waals surface area (Å²) in [7, 11) is -0.913. The molecule has 1 aromatic rings. The van der Waals surface area contributed by atoms with Gasteiger partial charge in [-0.2, -0.15) is 0 Å². The number of benzene rings is 1. The molecule has 0 spiro atoms. The van der Waals surface area contributed by atoms with Crippen LogP contribution in [0.25, 0.3) is 0 Å². The molecule has 0 aliphatic carbocycles. The molecule has 1 aromatic carbocycles. The maximum absolute atomic E-state index is 12.1. The maximum Gasteiger partial charge on any atom is 0.0576 e. The van der Waals surface area contributed by atoms with Gasteiger partial charge in [0.25, 0.3) is 0 Å². The van der Waals surface area contributed by atoms with Crippen LogP contribution in [0.3, 0.4) is 0 Å². The summed E-state index contributed by atoms with van der Waals surface area (Å²) in [5.41, 5.74) is 7.52. The molecule has 1 heterocycles. The molecule has 2 atom stereocenters. The van der Waals surface area contributed by atoms with Gasteiger partial charge in [-0.1, -0.05) is 0 Å². The third-order valence-electron chi connectivity index (χ3n) is 3.38. The minimum absolute atomic E-state index is 0.398. The normalized spacial score (nSPS) is 21.1. The first-order valence-electron chi connectivity index (χ1n) is 6.53. The molecule has 1 fully saturated rings. The van der Waals surface area contributed by atoms with Crippen molar-refractivity contribution in [3.05, 3.63) is 23.8 Å². The van der Waals surface area contributed by atoms with Gasteiger partial charge in [0.15, 0.2) is 0 Å². The van der Waals surface area contributed by atoms with Crippen molar-refractivity contribution in [3.63, 3.8) is 0 Å². The van der Waals surface area contributed by atoms with Gasteiger partial charge in [0.1, 0.15) is 0 Å². The fraction of sp³-hybridized carbons (Fsp3) is 0.571. The van der Waals surface area contributed by atoms with E-state index in [4.69, 9.17) is 10.5 Å². The molecule has 0 saturated carbocycles. The average molecular weight is 267 g/mol. The third kappa shape index (κ3) is 3.56. The Kier molecular flexibility index (Phi) is 4.78. The van der Waals surface area contributed by atoms with E-state index in [-0.39, 0.29) is 0 Å². The topological polar surface area (TPSA) is 52.3 Å². The van der Waals surface area contributed by atoms with Crippen LogP contribution >= 0.6 is 0 Å². The van der Waals surface area contributed by atoms with Crippen LogP contribution in [0, 0.1) is 6.92 Å². The van der Waals surface area contributed by atoms with E-state index < -0.39 is 10.8 Å². The highest BCUT2D eigenvalue weighted by atomic mass is 32.2. The zero-order chi connectivity index (χ0) is 13.0. The number of rotatable bonds is 5. The van der Waals surface area contributed by atoms with Crippen LogP contribution in [0.5, 0.6) is 0 Å². The van der Waals surface area contributed by atoms with E-state index in [1.807, 2.05) is 25.1 Å². The fourth-order valence-electron chi connectivity index (χ4n) is 2.22. The summed E-state index contributed by atoms with van der Waals surface area (Å²) in [6.07, 6.45) is 4.72. The Hall–Kier alpha value is -0.870. The van der Waals surface area contributed by atoms with E-state index in [9.17, 15) is 4.21 Å². The van der Waals surface area contributed by atoms with E-state index in [1.165, 1.54) is 6.42 Å². The Balaban J connectivity index is 1.81. The number of hydrogen-bond donors (Lipinski definition) is 1. The molecule has 100 valence electrons. The Bertz CT molecular complexity index is 428. The molecule has 1 aliphatic rings. The lowest BCUT2D eigenvalue weighted by molar-refractivity contribution is 0.104. The van der Waals surface area contributed by atoms with Crippen LogP contribution in [0.4, 0.5) is 5.69 Å². The monoisotopic (exact) mass is 267 g/mol. The van der Waals surface area contributed by atoms with Gasteiger partial charge in [0, 0.05) is 22.9 Å². The van der Waals surface area contributed by atoms with Crippen molar-refractivity contribution >= 4 is 16.5 Å². The smallest absolute Gasteiger partial charge is 0.0576 e. The average Bonchev–Trinajstić information content (AvgIpc) is 2.85. The molecule has 4 heteroatoms. The highest BCUT2D eigenvalue weighted by Crippen LogP contribution is 2.19. The lowest BCUT2D eigenvalue weighted by Gasteiger charge is -2.09. The number of ether oxygens (including phenoxy) is 1. The van der Waals surface area contributed by atoms with E-state index in [0.29, 0.717) is 11.9 Å². The summed E-state index contributed by atoms with van der Waals surface area (Å²) in [5.74, 6) is 0.712. The third-order valence-corrected chi connectivity index (χ3v) is 4.82. The van der Waals surface area contributed by atoms with Crippen LogP contribution in [-0.2, 0) is 15.5 Å². The summed E-state index contributed by atoms with van der Waals surface area (Å²) in [4.78, 5) is 0.883. The van der Waals surface area contributed by atoms with Crippen molar-refractivity contribution in [2.45, 2.75) is 43.6 Å². The first kappa shape index (κ1) is 13.6. The second kappa shape index (κ2) is 6.34. The second-order valence-corrected chi connectivity index (χ2v) is 6.42. The lowest BCUT2D eigenvalue weighted by Crippen LogP contribution is -2.07. The van der Waals surface area contributed by atoms with Gasteiger partial charge < -0.3 is 10.5 Å². The molecule has 2 N–H and O–H groups in total. The fourth-order valence-corrected chi connectivity index (χ4v) is 3.41. The second-order valence-electron chi connectivity index (χ2n) is 4.85. The molecular formula is C14H21NO2S. The summed E-state index contributed by atoms with van der Waals surface area (Å²) in [6.45, 7) is 2.84. The Labute approximate surface area is 111 Å². The predicted molar refractivity (Wildman–Crippen MR) is 75.1 cm³/mol. The van der Waals surface area contributed by atoms with Gasteiger partial charge in [0.2, 0.25) is 0 Å². The van der Waals surface area contributed by atoms with E-state index in [0.717, 1.165) is 42.0 Å². The Morgan fingerprint density at radius 2 is 2.33 bits per heavy atom. The van der Waals surface area contributed by atoms with Gasteiger partial charge in [-0.25, -0.2) is 0 Å². The van der Waals surface area contributed by atoms with Crippen LogP contribution in [0.15, 0.2) is 23.1 Å². The van der Waals surface area contributed by atoms with Crippen LogP contribution < -0.4 is 5.73 Å². The molecule has 0 bridgehead atoms. The largest absolute Gasteiger partial charge is 0.399 e. The van der Waals surface area contributed by atoms with Crippen molar-refractivity contribution in [2.75, 3.05) is 18.1 Å². The van der Waals surface area contributed by atoms with Crippen LogP contribution in [0.1, 0.15) is 31.2 Å².